The Bertz CT molecular complexity index is 419. The van der Waals surface area contributed by atoms with E-state index in [0.29, 0.717) is 6.54 Å². The summed E-state index contributed by atoms with van der Waals surface area (Å²) in [5.41, 5.74) is 7.93. The molecule has 0 unspecified atom stereocenters. The summed E-state index contributed by atoms with van der Waals surface area (Å²) in [6, 6.07) is 4.05. The highest BCUT2D eigenvalue weighted by atomic mass is 16.5. The predicted octanol–water partition coefficient (Wildman–Crippen LogP) is 3.41. The molecule has 2 rings (SSSR count). The summed E-state index contributed by atoms with van der Waals surface area (Å²) in [4.78, 5) is 4.62. The summed E-state index contributed by atoms with van der Waals surface area (Å²) in [5, 5.41) is 0. The predicted molar refractivity (Wildman–Crippen MR) is 78.3 cm³/mol. The van der Waals surface area contributed by atoms with E-state index in [0.717, 1.165) is 36.1 Å². The van der Waals surface area contributed by atoms with E-state index in [4.69, 9.17) is 10.5 Å². The number of hydrogen-bond acceptors (Lipinski definition) is 3. The second kappa shape index (κ2) is 5.91. The third-order valence-electron chi connectivity index (χ3n) is 3.87. The molecule has 1 fully saturated rings. The highest BCUT2D eigenvalue weighted by Gasteiger charge is 2.19. The maximum Gasteiger partial charge on any atom is 0.213 e. The molecule has 1 saturated carbocycles. The van der Waals surface area contributed by atoms with Crippen molar-refractivity contribution in [3.63, 3.8) is 0 Å². The molecule has 106 valence electrons. The van der Waals surface area contributed by atoms with E-state index in [1.807, 2.05) is 6.07 Å². The minimum Gasteiger partial charge on any atom is -0.478 e. The summed E-state index contributed by atoms with van der Waals surface area (Å²) in [7, 11) is 0. The maximum atomic E-state index is 5.82. The van der Waals surface area contributed by atoms with Crippen molar-refractivity contribution in [2.45, 2.75) is 58.4 Å². The Morgan fingerprint density at radius 2 is 2.05 bits per heavy atom. The smallest absolute Gasteiger partial charge is 0.213 e. The molecule has 0 atom stereocenters. The van der Waals surface area contributed by atoms with Gasteiger partial charge < -0.3 is 10.5 Å². The van der Waals surface area contributed by atoms with Crippen LogP contribution in [0.25, 0.3) is 0 Å². The molecule has 19 heavy (non-hydrogen) atoms. The van der Waals surface area contributed by atoms with Gasteiger partial charge in [-0.05, 0) is 24.0 Å². The molecule has 1 aromatic rings. The van der Waals surface area contributed by atoms with Crippen molar-refractivity contribution in [2.24, 2.45) is 11.7 Å². The Morgan fingerprint density at radius 1 is 1.32 bits per heavy atom. The van der Waals surface area contributed by atoms with Crippen LogP contribution in [0.4, 0.5) is 0 Å². The first-order chi connectivity index (χ1) is 8.99. The topological polar surface area (TPSA) is 48.1 Å². The Morgan fingerprint density at radius 3 is 2.58 bits per heavy atom. The second-order valence-corrected chi connectivity index (χ2v) is 6.59. The summed E-state index contributed by atoms with van der Waals surface area (Å²) in [6.45, 7) is 7.79. The highest BCUT2D eigenvalue weighted by molar-refractivity contribution is 5.28. The maximum absolute atomic E-state index is 5.82. The summed E-state index contributed by atoms with van der Waals surface area (Å²) in [6.07, 6.45) is 5.28. The number of pyridine rings is 1. The van der Waals surface area contributed by atoms with Crippen LogP contribution in [0.3, 0.4) is 0 Å². The Kier molecular flexibility index (Phi) is 4.46. The van der Waals surface area contributed by atoms with Gasteiger partial charge in [-0.3, -0.25) is 0 Å². The van der Waals surface area contributed by atoms with Crippen LogP contribution in [0.5, 0.6) is 5.88 Å². The lowest BCUT2D eigenvalue weighted by molar-refractivity contribution is 0.216. The fourth-order valence-corrected chi connectivity index (χ4v) is 2.25. The molecule has 1 heterocycles. The van der Waals surface area contributed by atoms with Crippen LogP contribution in [0.1, 0.15) is 57.7 Å². The molecule has 0 spiro atoms. The zero-order chi connectivity index (χ0) is 13.9. The third-order valence-corrected chi connectivity index (χ3v) is 3.87. The molecule has 0 bridgehead atoms. The summed E-state index contributed by atoms with van der Waals surface area (Å²) < 4.78 is 5.82. The lowest BCUT2D eigenvalue weighted by Crippen LogP contribution is -2.17. The molecule has 3 nitrogen and oxygen atoms in total. The molecule has 0 aliphatic heterocycles. The Hall–Kier alpha value is -1.09. The van der Waals surface area contributed by atoms with E-state index in [9.17, 15) is 0 Å². The molecule has 0 amide bonds. The largest absolute Gasteiger partial charge is 0.478 e. The summed E-state index contributed by atoms with van der Waals surface area (Å²) >= 11 is 0. The van der Waals surface area contributed by atoms with Crippen LogP contribution in [-0.4, -0.2) is 11.6 Å². The van der Waals surface area contributed by atoms with Crippen molar-refractivity contribution in [3.8, 4) is 5.88 Å². The highest BCUT2D eigenvalue weighted by Crippen LogP contribution is 2.29. The standard InChI is InChI=1S/C16H26N2O/c1-16(2,3)14-9-13(11-17)10-15(18-14)19-8-7-12-5-4-6-12/h9-10,12H,4-8,11,17H2,1-3H3. The quantitative estimate of drug-likeness (QED) is 0.884. The van der Waals surface area contributed by atoms with Crippen LogP contribution in [0.2, 0.25) is 0 Å². The van der Waals surface area contributed by atoms with Gasteiger partial charge in [0.15, 0.2) is 0 Å². The van der Waals surface area contributed by atoms with Crippen molar-refractivity contribution in [2.75, 3.05) is 6.61 Å². The molecule has 1 aliphatic rings. The van der Waals surface area contributed by atoms with E-state index < -0.39 is 0 Å². The van der Waals surface area contributed by atoms with Gasteiger partial charge in [0.1, 0.15) is 0 Å². The van der Waals surface area contributed by atoms with E-state index in [2.05, 4.69) is 31.8 Å². The average molecular weight is 262 g/mol. The molecule has 1 aromatic heterocycles. The summed E-state index contributed by atoms with van der Waals surface area (Å²) in [5.74, 6) is 1.60. The first-order valence-corrected chi connectivity index (χ1v) is 7.33. The molecule has 1 aliphatic carbocycles. The van der Waals surface area contributed by atoms with Gasteiger partial charge in [0.05, 0.1) is 12.3 Å². The van der Waals surface area contributed by atoms with Crippen molar-refractivity contribution < 1.29 is 4.74 Å². The zero-order valence-electron chi connectivity index (χ0n) is 12.4. The monoisotopic (exact) mass is 262 g/mol. The van der Waals surface area contributed by atoms with E-state index in [-0.39, 0.29) is 5.41 Å². The molecular weight excluding hydrogens is 236 g/mol. The van der Waals surface area contributed by atoms with Crippen molar-refractivity contribution in [3.05, 3.63) is 23.4 Å². The van der Waals surface area contributed by atoms with Gasteiger partial charge in [0.2, 0.25) is 5.88 Å². The Balaban J connectivity index is 2.01. The number of aromatic nitrogens is 1. The first-order valence-electron chi connectivity index (χ1n) is 7.33. The normalized spacial score (nSPS) is 16.2. The lowest BCUT2D eigenvalue weighted by Gasteiger charge is -2.25. The Labute approximate surface area is 116 Å². The molecule has 3 heteroatoms. The number of nitrogens with two attached hydrogens (primary N) is 1. The number of rotatable bonds is 5. The molecular formula is C16H26N2O. The zero-order valence-corrected chi connectivity index (χ0v) is 12.4. The third kappa shape index (κ3) is 3.93. The van der Waals surface area contributed by atoms with Crippen molar-refractivity contribution >= 4 is 0 Å². The minimum atomic E-state index is 0.0251. The van der Waals surface area contributed by atoms with Gasteiger partial charge in [-0.2, -0.15) is 0 Å². The van der Waals surface area contributed by atoms with E-state index >= 15 is 0 Å². The van der Waals surface area contributed by atoms with Gasteiger partial charge in [-0.1, -0.05) is 40.0 Å². The van der Waals surface area contributed by atoms with Crippen LogP contribution in [0, 0.1) is 5.92 Å². The van der Waals surface area contributed by atoms with Gasteiger partial charge in [-0.25, -0.2) is 4.98 Å². The van der Waals surface area contributed by atoms with Crippen LogP contribution < -0.4 is 10.5 Å². The molecule has 2 N–H and O–H groups in total. The van der Waals surface area contributed by atoms with Gasteiger partial charge in [-0.15, -0.1) is 0 Å². The number of ether oxygens (including phenoxy) is 1. The average Bonchev–Trinajstić information content (AvgIpc) is 2.31. The molecule has 0 aromatic carbocycles. The van der Waals surface area contributed by atoms with Gasteiger partial charge in [0.25, 0.3) is 0 Å². The molecule has 0 radical (unpaired) electrons. The van der Waals surface area contributed by atoms with Gasteiger partial charge >= 0.3 is 0 Å². The van der Waals surface area contributed by atoms with Crippen LogP contribution in [-0.2, 0) is 12.0 Å². The number of nitrogens with zero attached hydrogens (tertiary/aromatic N) is 1. The van der Waals surface area contributed by atoms with E-state index in [1.165, 1.54) is 19.3 Å². The van der Waals surface area contributed by atoms with E-state index in [1.54, 1.807) is 0 Å². The fraction of sp³-hybridized carbons (Fsp3) is 0.688. The van der Waals surface area contributed by atoms with Gasteiger partial charge in [0, 0.05) is 18.0 Å². The van der Waals surface area contributed by atoms with Crippen LogP contribution in [0.15, 0.2) is 12.1 Å². The van der Waals surface area contributed by atoms with Crippen molar-refractivity contribution in [1.29, 1.82) is 0 Å². The lowest BCUT2D eigenvalue weighted by atomic mass is 9.83. The minimum absolute atomic E-state index is 0.0251. The van der Waals surface area contributed by atoms with Crippen LogP contribution >= 0.6 is 0 Å². The van der Waals surface area contributed by atoms with Crippen molar-refractivity contribution in [1.82, 2.24) is 4.98 Å². The molecule has 0 saturated heterocycles. The first kappa shape index (κ1) is 14.3. The number of hydrogen-bond donors (Lipinski definition) is 1. The fourth-order valence-electron chi connectivity index (χ4n) is 2.25. The SMILES string of the molecule is CC(C)(C)c1cc(CN)cc(OCCC2CCC2)n1. The second-order valence-electron chi connectivity index (χ2n) is 6.59.